The first-order chi connectivity index (χ1) is 5.84. The van der Waals surface area contributed by atoms with Gasteiger partial charge < -0.3 is 10.1 Å². The van der Waals surface area contributed by atoms with Crippen LogP contribution >= 0.6 is 0 Å². The molecular formula is C10H21NO. The van der Waals surface area contributed by atoms with Gasteiger partial charge in [0, 0.05) is 19.7 Å². The zero-order valence-corrected chi connectivity index (χ0v) is 8.31. The van der Waals surface area contributed by atoms with Crippen molar-refractivity contribution in [1.82, 2.24) is 5.32 Å². The highest BCUT2D eigenvalue weighted by atomic mass is 16.5. The van der Waals surface area contributed by atoms with Crippen LogP contribution in [0.4, 0.5) is 0 Å². The maximum Gasteiger partial charge on any atom is 0.0587 e. The molecule has 0 aromatic heterocycles. The van der Waals surface area contributed by atoms with Crippen molar-refractivity contribution in [1.29, 1.82) is 0 Å². The van der Waals surface area contributed by atoms with Crippen LogP contribution in [0.25, 0.3) is 0 Å². The average Bonchev–Trinajstić information content (AvgIpc) is 2.56. The lowest BCUT2D eigenvalue weighted by Crippen LogP contribution is -2.34. The Morgan fingerprint density at radius 3 is 2.67 bits per heavy atom. The van der Waals surface area contributed by atoms with Crippen LogP contribution in [0.1, 0.15) is 32.6 Å². The molecule has 0 bridgehead atoms. The second-order valence-electron chi connectivity index (χ2n) is 3.78. The summed E-state index contributed by atoms with van der Waals surface area (Å²) in [5, 5.41) is 3.50. The van der Waals surface area contributed by atoms with E-state index in [0.29, 0.717) is 6.04 Å². The lowest BCUT2D eigenvalue weighted by Gasteiger charge is -2.19. The molecule has 0 saturated heterocycles. The highest BCUT2D eigenvalue weighted by Crippen LogP contribution is 2.27. The number of hydrogen-bond acceptors (Lipinski definition) is 2. The standard InChI is InChI=1S/C10H21NO/c1-9(11-7-8-12-2)10-5-3-4-6-10/h9-11H,3-8H2,1-2H3/t9-/m0/s1. The van der Waals surface area contributed by atoms with E-state index in [0.717, 1.165) is 19.1 Å². The minimum atomic E-state index is 0.683. The maximum atomic E-state index is 4.99. The van der Waals surface area contributed by atoms with E-state index in [4.69, 9.17) is 4.74 Å². The summed E-state index contributed by atoms with van der Waals surface area (Å²) in [7, 11) is 1.75. The topological polar surface area (TPSA) is 21.3 Å². The molecular weight excluding hydrogens is 150 g/mol. The van der Waals surface area contributed by atoms with E-state index >= 15 is 0 Å². The van der Waals surface area contributed by atoms with Crippen LogP contribution in [0.5, 0.6) is 0 Å². The Morgan fingerprint density at radius 2 is 2.08 bits per heavy atom. The van der Waals surface area contributed by atoms with Gasteiger partial charge in [0.25, 0.3) is 0 Å². The molecule has 1 atom stereocenters. The second-order valence-corrected chi connectivity index (χ2v) is 3.78. The largest absolute Gasteiger partial charge is 0.383 e. The van der Waals surface area contributed by atoms with Gasteiger partial charge in [0.15, 0.2) is 0 Å². The predicted molar refractivity (Wildman–Crippen MR) is 51.3 cm³/mol. The van der Waals surface area contributed by atoms with Crippen LogP contribution < -0.4 is 5.32 Å². The van der Waals surface area contributed by atoms with E-state index in [1.54, 1.807) is 7.11 Å². The van der Waals surface area contributed by atoms with Crippen molar-refractivity contribution < 1.29 is 4.74 Å². The van der Waals surface area contributed by atoms with E-state index in [-0.39, 0.29) is 0 Å². The minimum Gasteiger partial charge on any atom is -0.383 e. The third-order valence-electron chi connectivity index (χ3n) is 2.88. The van der Waals surface area contributed by atoms with Gasteiger partial charge in [0.05, 0.1) is 6.61 Å². The molecule has 1 saturated carbocycles. The van der Waals surface area contributed by atoms with Crippen LogP contribution in [0, 0.1) is 5.92 Å². The number of ether oxygens (including phenoxy) is 1. The quantitative estimate of drug-likeness (QED) is 0.637. The molecule has 0 amide bonds. The fraction of sp³-hybridized carbons (Fsp3) is 1.00. The van der Waals surface area contributed by atoms with Gasteiger partial charge in [-0.3, -0.25) is 0 Å². The summed E-state index contributed by atoms with van der Waals surface area (Å²) >= 11 is 0. The molecule has 1 rings (SSSR count). The van der Waals surface area contributed by atoms with Crippen molar-refractivity contribution in [2.24, 2.45) is 5.92 Å². The summed E-state index contributed by atoms with van der Waals surface area (Å²) in [4.78, 5) is 0. The van der Waals surface area contributed by atoms with Gasteiger partial charge in [-0.25, -0.2) is 0 Å². The molecule has 1 fully saturated rings. The monoisotopic (exact) mass is 171 g/mol. The Morgan fingerprint density at radius 1 is 1.42 bits per heavy atom. The fourth-order valence-electron chi connectivity index (χ4n) is 2.01. The highest BCUT2D eigenvalue weighted by molar-refractivity contribution is 4.76. The molecule has 0 aliphatic heterocycles. The summed E-state index contributed by atoms with van der Waals surface area (Å²) in [6.07, 6.45) is 5.70. The van der Waals surface area contributed by atoms with Gasteiger partial charge >= 0.3 is 0 Å². The zero-order chi connectivity index (χ0) is 8.81. The minimum absolute atomic E-state index is 0.683. The maximum absolute atomic E-state index is 4.99. The molecule has 1 aliphatic carbocycles. The lowest BCUT2D eigenvalue weighted by atomic mass is 10.00. The van der Waals surface area contributed by atoms with Crippen LogP contribution in [0.3, 0.4) is 0 Å². The van der Waals surface area contributed by atoms with E-state index in [2.05, 4.69) is 12.2 Å². The Balaban J connectivity index is 2.05. The molecule has 12 heavy (non-hydrogen) atoms. The van der Waals surface area contributed by atoms with Gasteiger partial charge in [0.2, 0.25) is 0 Å². The molecule has 2 heteroatoms. The molecule has 0 spiro atoms. The van der Waals surface area contributed by atoms with Gasteiger partial charge in [-0.2, -0.15) is 0 Å². The molecule has 0 aromatic carbocycles. The first-order valence-corrected chi connectivity index (χ1v) is 5.07. The van der Waals surface area contributed by atoms with Crippen LogP contribution in [0.2, 0.25) is 0 Å². The van der Waals surface area contributed by atoms with E-state index in [9.17, 15) is 0 Å². The van der Waals surface area contributed by atoms with Crippen molar-refractivity contribution in [2.45, 2.75) is 38.6 Å². The third-order valence-corrected chi connectivity index (χ3v) is 2.88. The summed E-state index contributed by atoms with van der Waals surface area (Å²) < 4.78 is 4.99. The average molecular weight is 171 g/mol. The normalized spacial score (nSPS) is 21.5. The number of rotatable bonds is 5. The van der Waals surface area contributed by atoms with Crippen LogP contribution in [-0.2, 0) is 4.74 Å². The predicted octanol–water partition coefficient (Wildman–Crippen LogP) is 1.80. The van der Waals surface area contributed by atoms with Crippen molar-refractivity contribution in [3.05, 3.63) is 0 Å². The van der Waals surface area contributed by atoms with E-state index in [1.807, 2.05) is 0 Å². The molecule has 2 nitrogen and oxygen atoms in total. The molecule has 0 aromatic rings. The van der Waals surface area contributed by atoms with E-state index < -0.39 is 0 Å². The Labute approximate surface area is 75.7 Å². The molecule has 0 unspecified atom stereocenters. The fourth-order valence-corrected chi connectivity index (χ4v) is 2.01. The van der Waals surface area contributed by atoms with E-state index in [1.165, 1.54) is 25.7 Å². The van der Waals surface area contributed by atoms with Gasteiger partial charge in [-0.15, -0.1) is 0 Å². The Hall–Kier alpha value is -0.0800. The summed E-state index contributed by atoms with van der Waals surface area (Å²) in [6.45, 7) is 4.12. The zero-order valence-electron chi connectivity index (χ0n) is 8.31. The van der Waals surface area contributed by atoms with Crippen molar-refractivity contribution in [2.75, 3.05) is 20.3 Å². The van der Waals surface area contributed by atoms with Crippen molar-refractivity contribution >= 4 is 0 Å². The highest BCUT2D eigenvalue weighted by Gasteiger charge is 2.20. The summed E-state index contributed by atoms with van der Waals surface area (Å²) in [6, 6.07) is 0.683. The summed E-state index contributed by atoms with van der Waals surface area (Å²) in [5.74, 6) is 0.918. The molecule has 1 aliphatic rings. The lowest BCUT2D eigenvalue weighted by molar-refractivity contribution is 0.192. The SMILES string of the molecule is COCCN[C@@H](C)C1CCCC1. The molecule has 72 valence electrons. The number of methoxy groups -OCH3 is 1. The van der Waals surface area contributed by atoms with Gasteiger partial charge in [-0.05, 0) is 25.7 Å². The van der Waals surface area contributed by atoms with Crippen molar-refractivity contribution in [3.63, 3.8) is 0 Å². The first-order valence-electron chi connectivity index (χ1n) is 5.07. The first kappa shape index (κ1) is 10.0. The van der Waals surface area contributed by atoms with Crippen molar-refractivity contribution in [3.8, 4) is 0 Å². The molecule has 0 radical (unpaired) electrons. The van der Waals surface area contributed by atoms with Gasteiger partial charge in [-0.1, -0.05) is 12.8 Å². The molecule has 1 N–H and O–H groups in total. The summed E-state index contributed by atoms with van der Waals surface area (Å²) in [5.41, 5.74) is 0. The second kappa shape index (κ2) is 5.55. The third kappa shape index (κ3) is 3.11. The Bertz CT molecular complexity index is 110. The smallest absolute Gasteiger partial charge is 0.0587 e. The number of nitrogens with one attached hydrogen (secondary N) is 1. The Kier molecular flexibility index (Phi) is 4.62. The van der Waals surface area contributed by atoms with Crippen LogP contribution in [-0.4, -0.2) is 26.3 Å². The van der Waals surface area contributed by atoms with Crippen LogP contribution in [0.15, 0.2) is 0 Å². The molecule has 0 heterocycles. The van der Waals surface area contributed by atoms with Gasteiger partial charge in [0.1, 0.15) is 0 Å². The number of hydrogen-bond donors (Lipinski definition) is 1.